The number of aromatic nitrogens is 5. The first-order valence-electron chi connectivity index (χ1n) is 5.37. The smallest absolute Gasteiger partial charge is 0.342 e. The highest BCUT2D eigenvalue weighted by Gasteiger charge is 2.04. The molecule has 0 unspecified atom stereocenters. The highest BCUT2D eigenvalue weighted by Crippen LogP contribution is 2.14. The van der Waals surface area contributed by atoms with E-state index in [1.165, 1.54) is 6.20 Å². The summed E-state index contributed by atoms with van der Waals surface area (Å²) in [4.78, 5) is 12.2. The maximum atomic E-state index is 5.36. The first-order valence-corrected chi connectivity index (χ1v) is 5.37. The summed E-state index contributed by atoms with van der Waals surface area (Å²) in [6, 6.07) is 0.259. The minimum Gasteiger partial charge on any atom is -0.402 e. The zero-order chi connectivity index (χ0) is 12.1. The second-order valence-corrected chi connectivity index (χ2v) is 3.47. The summed E-state index contributed by atoms with van der Waals surface area (Å²) in [5.74, 6) is 1.05. The van der Waals surface area contributed by atoms with Crippen molar-refractivity contribution >= 4 is 5.82 Å². The van der Waals surface area contributed by atoms with Gasteiger partial charge in [-0.05, 0) is 6.42 Å². The second kappa shape index (κ2) is 5.24. The number of aryl methyl sites for hydroxylation is 1. The van der Waals surface area contributed by atoms with Crippen molar-refractivity contribution in [3.05, 3.63) is 18.7 Å². The molecule has 0 aliphatic heterocycles. The summed E-state index contributed by atoms with van der Waals surface area (Å²) in [6.45, 7) is 2.93. The van der Waals surface area contributed by atoms with Crippen molar-refractivity contribution in [2.24, 2.45) is 7.05 Å². The maximum Gasteiger partial charge on any atom is 0.342 e. The van der Waals surface area contributed by atoms with Gasteiger partial charge in [-0.15, -0.1) is 5.10 Å². The van der Waals surface area contributed by atoms with Gasteiger partial charge in [0.15, 0.2) is 0 Å². The van der Waals surface area contributed by atoms with Crippen LogP contribution in [-0.2, 0) is 7.05 Å². The molecule has 0 radical (unpaired) electrons. The zero-order valence-electron chi connectivity index (χ0n) is 9.79. The van der Waals surface area contributed by atoms with Crippen molar-refractivity contribution in [2.75, 3.05) is 11.9 Å². The van der Waals surface area contributed by atoms with E-state index in [2.05, 4.69) is 32.3 Å². The third-order valence-electron chi connectivity index (χ3n) is 1.94. The van der Waals surface area contributed by atoms with Gasteiger partial charge in [0.2, 0.25) is 5.88 Å². The largest absolute Gasteiger partial charge is 0.402 e. The number of ether oxygens (including phenoxy) is 1. The number of hydrogen-bond donors (Lipinski definition) is 1. The molecule has 0 saturated heterocycles. The van der Waals surface area contributed by atoms with Crippen molar-refractivity contribution in [1.82, 2.24) is 24.7 Å². The van der Waals surface area contributed by atoms with Crippen molar-refractivity contribution in [3.8, 4) is 11.9 Å². The Morgan fingerprint density at radius 1 is 1.41 bits per heavy atom. The number of hydrogen-bond acceptors (Lipinski definition) is 6. The molecule has 0 saturated carbocycles. The molecule has 2 aromatic heterocycles. The van der Waals surface area contributed by atoms with E-state index in [0.717, 1.165) is 13.0 Å². The van der Waals surface area contributed by atoms with Gasteiger partial charge in [0.25, 0.3) is 0 Å². The predicted molar refractivity (Wildman–Crippen MR) is 61.9 cm³/mol. The monoisotopic (exact) mass is 234 g/mol. The van der Waals surface area contributed by atoms with Gasteiger partial charge in [-0.25, -0.2) is 0 Å². The summed E-state index contributed by atoms with van der Waals surface area (Å²) < 4.78 is 6.92. The SMILES string of the molecule is CCCNc1cncc(Oc2ncn(C)n2)n1. The first kappa shape index (κ1) is 11.3. The molecule has 0 aliphatic rings. The molecular weight excluding hydrogens is 220 g/mol. The van der Waals surface area contributed by atoms with E-state index >= 15 is 0 Å². The van der Waals surface area contributed by atoms with E-state index < -0.39 is 0 Å². The minimum absolute atomic E-state index is 0.259. The van der Waals surface area contributed by atoms with Crippen molar-refractivity contribution in [1.29, 1.82) is 0 Å². The molecular formula is C10H14N6O. The van der Waals surface area contributed by atoms with Crippen LogP contribution in [0.25, 0.3) is 0 Å². The topological polar surface area (TPSA) is 77.8 Å². The van der Waals surface area contributed by atoms with Crippen LogP contribution in [0, 0.1) is 0 Å². The number of nitrogens with zero attached hydrogens (tertiary/aromatic N) is 5. The zero-order valence-corrected chi connectivity index (χ0v) is 9.79. The molecule has 2 aromatic rings. The van der Waals surface area contributed by atoms with Crippen LogP contribution in [0.4, 0.5) is 5.82 Å². The molecule has 0 spiro atoms. The molecule has 2 heterocycles. The van der Waals surface area contributed by atoms with Gasteiger partial charge in [-0.3, -0.25) is 9.67 Å². The number of nitrogens with one attached hydrogen (secondary N) is 1. The van der Waals surface area contributed by atoms with E-state index in [1.54, 1.807) is 24.3 Å². The molecule has 7 heteroatoms. The molecule has 0 fully saturated rings. The molecule has 2 rings (SSSR count). The Kier molecular flexibility index (Phi) is 3.49. The summed E-state index contributed by atoms with van der Waals surface area (Å²) in [6.07, 6.45) is 5.75. The average Bonchev–Trinajstić information content (AvgIpc) is 2.73. The first-order chi connectivity index (χ1) is 8.28. The highest BCUT2D eigenvalue weighted by atomic mass is 16.5. The van der Waals surface area contributed by atoms with Crippen LogP contribution in [0.1, 0.15) is 13.3 Å². The van der Waals surface area contributed by atoms with E-state index in [4.69, 9.17) is 4.74 Å². The molecule has 0 bridgehead atoms. The molecule has 0 atom stereocenters. The highest BCUT2D eigenvalue weighted by molar-refractivity contribution is 5.33. The summed E-state index contributed by atoms with van der Waals surface area (Å²) in [5, 5.41) is 7.12. The Labute approximate surface area is 98.9 Å². The van der Waals surface area contributed by atoms with E-state index in [1.807, 2.05) is 0 Å². The van der Waals surface area contributed by atoms with E-state index in [9.17, 15) is 0 Å². The Morgan fingerprint density at radius 3 is 3.00 bits per heavy atom. The van der Waals surface area contributed by atoms with E-state index in [-0.39, 0.29) is 6.01 Å². The van der Waals surface area contributed by atoms with Crippen LogP contribution in [0.2, 0.25) is 0 Å². The van der Waals surface area contributed by atoms with Crippen LogP contribution in [0.5, 0.6) is 11.9 Å². The average molecular weight is 234 g/mol. The third kappa shape index (κ3) is 3.13. The van der Waals surface area contributed by atoms with Crippen molar-refractivity contribution in [3.63, 3.8) is 0 Å². The van der Waals surface area contributed by atoms with Gasteiger partial charge in [0, 0.05) is 13.6 Å². The van der Waals surface area contributed by atoms with Crippen molar-refractivity contribution in [2.45, 2.75) is 13.3 Å². The lowest BCUT2D eigenvalue weighted by atomic mass is 10.5. The molecule has 17 heavy (non-hydrogen) atoms. The molecule has 1 N–H and O–H groups in total. The normalized spacial score (nSPS) is 10.2. The fourth-order valence-electron chi connectivity index (χ4n) is 1.20. The Balaban J connectivity index is 2.05. The molecule has 0 amide bonds. The van der Waals surface area contributed by atoms with Gasteiger partial charge in [-0.1, -0.05) is 6.92 Å². The van der Waals surface area contributed by atoms with Gasteiger partial charge in [0.1, 0.15) is 12.1 Å². The second-order valence-electron chi connectivity index (χ2n) is 3.47. The quantitative estimate of drug-likeness (QED) is 0.838. The van der Waals surface area contributed by atoms with Gasteiger partial charge in [-0.2, -0.15) is 9.97 Å². The Bertz CT molecular complexity index is 483. The fraction of sp³-hybridized carbons (Fsp3) is 0.400. The summed E-state index contributed by atoms with van der Waals surface area (Å²) in [5.41, 5.74) is 0. The lowest BCUT2D eigenvalue weighted by Gasteiger charge is -2.04. The third-order valence-corrected chi connectivity index (χ3v) is 1.94. The molecule has 0 aliphatic carbocycles. The standard InChI is InChI=1S/C10H14N6O/c1-3-4-12-8-5-11-6-9(14-8)17-10-13-7-16(2)15-10/h5-7H,3-4H2,1-2H3,(H,12,14). The Morgan fingerprint density at radius 2 is 2.29 bits per heavy atom. The predicted octanol–water partition coefficient (Wildman–Crippen LogP) is 1.22. The number of anilines is 1. The fourth-order valence-corrected chi connectivity index (χ4v) is 1.20. The lowest BCUT2D eigenvalue weighted by Crippen LogP contribution is -2.03. The van der Waals surface area contributed by atoms with Crippen LogP contribution in [-0.4, -0.2) is 31.3 Å². The van der Waals surface area contributed by atoms with Crippen molar-refractivity contribution < 1.29 is 4.74 Å². The number of rotatable bonds is 5. The van der Waals surface area contributed by atoms with Gasteiger partial charge in [0.05, 0.1) is 12.4 Å². The molecule has 90 valence electrons. The molecule has 0 aromatic carbocycles. The maximum absolute atomic E-state index is 5.36. The molecule has 7 nitrogen and oxygen atoms in total. The van der Waals surface area contributed by atoms with Crippen LogP contribution in [0.3, 0.4) is 0 Å². The van der Waals surface area contributed by atoms with Gasteiger partial charge >= 0.3 is 6.01 Å². The summed E-state index contributed by atoms with van der Waals surface area (Å²) >= 11 is 0. The summed E-state index contributed by atoms with van der Waals surface area (Å²) in [7, 11) is 1.77. The van der Waals surface area contributed by atoms with Crippen LogP contribution < -0.4 is 10.1 Å². The minimum atomic E-state index is 0.259. The van der Waals surface area contributed by atoms with Gasteiger partial charge < -0.3 is 10.1 Å². The Hall–Kier alpha value is -2.18. The van der Waals surface area contributed by atoms with E-state index in [0.29, 0.717) is 11.7 Å². The lowest BCUT2D eigenvalue weighted by molar-refractivity contribution is 0.421. The van der Waals surface area contributed by atoms with Crippen LogP contribution in [0.15, 0.2) is 18.7 Å². The van der Waals surface area contributed by atoms with Crippen LogP contribution >= 0.6 is 0 Å².